The van der Waals surface area contributed by atoms with Gasteiger partial charge in [-0.05, 0) is 42.7 Å². The number of anilines is 1. The third-order valence-corrected chi connectivity index (χ3v) is 14.1. The van der Waals surface area contributed by atoms with Crippen molar-refractivity contribution >= 4 is 88.8 Å². The standard InChI is InChI=1S/C25H26Cl2N6O16P4/c1-25(2)13-7-11(3-5-15(13)30-16-8-14(26)21(34)19(27)18(16)25)46-51(38,39)48-53(42,43)49-52(40,41)47-50(36,37)44-9-12-4-6-17(45-12)33-10-29-20-22(33)31-24(28)32-23(20)35/h3,5,7-8,10,12,17H,4,6,9H2,1-2H3,(H,36,37)(H,38,39)(H,40,41)(H,42,43)(H3,28,31,32,35)/p-4/t12-,17?/m0/s1. The number of benzene rings is 1. The highest BCUT2D eigenvalue weighted by Crippen LogP contribution is 2.67. The van der Waals surface area contributed by atoms with Gasteiger partial charge in [0.15, 0.2) is 11.2 Å². The smallest absolute Gasteiger partial charge is 0.326 e. The van der Waals surface area contributed by atoms with Gasteiger partial charge in [0.25, 0.3) is 29.0 Å². The Hall–Kier alpha value is -2.87. The first-order valence-corrected chi connectivity index (χ1v) is 21.2. The summed E-state index contributed by atoms with van der Waals surface area (Å²) < 4.78 is 76.7. The molecule has 0 saturated carbocycles. The second-order valence-electron chi connectivity index (χ2n) is 11.8. The van der Waals surface area contributed by atoms with Crippen LogP contribution < -0.4 is 35.4 Å². The number of nitrogens with one attached hydrogen (secondary N) is 1. The maximum atomic E-state index is 12.5. The lowest BCUT2D eigenvalue weighted by Crippen LogP contribution is -2.32. The summed E-state index contributed by atoms with van der Waals surface area (Å²) in [6, 6.07) is 3.46. The SMILES string of the molecule is CC1(C)C2=C(Cl)C(=O)C(Cl)=CC2=Nc2ccc(OP(=O)([O-])OP(=O)([O-])OP(=O)([O-])OP(=O)([O-])OC[C@@H]3CCC(n4cnc5c(=O)[nH]c(N)nc54)O3)cc21. The molecule has 0 bridgehead atoms. The molecule has 3 aliphatic rings. The predicted octanol–water partition coefficient (Wildman–Crippen LogP) is 1.96. The van der Waals surface area contributed by atoms with Crippen molar-refractivity contribution in [1.29, 1.82) is 0 Å². The molecule has 4 heterocycles. The molecule has 0 spiro atoms. The van der Waals surface area contributed by atoms with Gasteiger partial charge in [0.2, 0.25) is 11.7 Å². The van der Waals surface area contributed by atoms with Crippen molar-refractivity contribution in [3.05, 3.63) is 62.2 Å². The highest BCUT2D eigenvalue weighted by molar-refractivity contribution is 7.68. The van der Waals surface area contributed by atoms with Gasteiger partial charge in [-0.1, -0.05) is 37.0 Å². The summed E-state index contributed by atoms with van der Waals surface area (Å²) >= 11 is 12.2. The molecule has 53 heavy (non-hydrogen) atoms. The molecule has 2 aromatic heterocycles. The lowest BCUT2D eigenvalue weighted by molar-refractivity contribution is -0.253. The van der Waals surface area contributed by atoms with Crippen LogP contribution in [0.4, 0.5) is 11.6 Å². The van der Waals surface area contributed by atoms with Gasteiger partial charge < -0.3 is 39.1 Å². The van der Waals surface area contributed by atoms with E-state index in [1.807, 2.05) is 0 Å². The lowest BCUT2D eigenvalue weighted by atomic mass is 9.71. The Balaban J connectivity index is 1.06. The Morgan fingerprint density at radius 2 is 1.68 bits per heavy atom. The molecule has 1 aliphatic carbocycles. The fraction of sp³-hybridized carbons (Fsp3) is 0.320. The maximum Gasteiger partial charge on any atom is 0.326 e. The monoisotopic (exact) mass is 856 g/mol. The molecule has 0 amide bonds. The maximum absolute atomic E-state index is 12.5. The van der Waals surface area contributed by atoms with Crippen LogP contribution >= 0.6 is 54.5 Å². The molecule has 2 aliphatic heterocycles. The Morgan fingerprint density at radius 1 is 1.02 bits per heavy atom. The summed E-state index contributed by atoms with van der Waals surface area (Å²) in [5, 5.41) is -0.412. The number of nitrogen functional groups attached to an aromatic ring is 1. The van der Waals surface area contributed by atoms with Gasteiger partial charge in [0.05, 0.1) is 40.5 Å². The van der Waals surface area contributed by atoms with Gasteiger partial charge in [-0.15, -0.1) is 0 Å². The third kappa shape index (κ3) is 8.53. The van der Waals surface area contributed by atoms with Crippen LogP contribution in [0.25, 0.3) is 11.2 Å². The van der Waals surface area contributed by atoms with E-state index in [2.05, 4.69) is 41.9 Å². The van der Waals surface area contributed by atoms with E-state index in [0.29, 0.717) is 0 Å². The van der Waals surface area contributed by atoms with Crippen molar-refractivity contribution in [2.24, 2.45) is 4.99 Å². The minimum atomic E-state index is -6.49. The second kappa shape index (κ2) is 14.0. The van der Waals surface area contributed by atoms with Gasteiger partial charge >= 0.3 is 7.82 Å². The van der Waals surface area contributed by atoms with Gasteiger partial charge in [-0.2, -0.15) is 4.98 Å². The number of Topliss-reactive ketones (excluding diaryl/α,β-unsaturated/α-hetero) is 1. The quantitative estimate of drug-likeness (QED) is 0.194. The number of hydrogen-bond donors (Lipinski definition) is 2. The van der Waals surface area contributed by atoms with Crippen molar-refractivity contribution in [3.63, 3.8) is 0 Å². The number of ether oxygens (including phenoxy) is 1. The average Bonchev–Trinajstić information content (AvgIpc) is 3.64. The van der Waals surface area contributed by atoms with Gasteiger partial charge in [-0.25, -0.2) is 22.9 Å². The van der Waals surface area contributed by atoms with E-state index in [4.69, 9.17) is 33.7 Å². The molecular weight excluding hydrogens is 835 g/mol. The molecular formula is C25H22Cl2N6O16P4-4. The number of carbonyl (C=O) groups excluding carboxylic acids is 1. The molecule has 5 unspecified atom stereocenters. The van der Waals surface area contributed by atoms with E-state index in [1.54, 1.807) is 13.8 Å². The normalized spacial score (nSPS) is 24.3. The van der Waals surface area contributed by atoms with E-state index < -0.39 is 72.7 Å². The van der Waals surface area contributed by atoms with E-state index >= 15 is 0 Å². The fourth-order valence-corrected chi connectivity index (χ4v) is 11.1. The van der Waals surface area contributed by atoms with E-state index in [0.717, 1.165) is 12.1 Å². The number of hydrogen-bond acceptors (Lipinski definition) is 20. The Morgan fingerprint density at radius 3 is 2.38 bits per heavy atom. The molecule has 28 heteroatoms. The molecule has 0 radical (unpaired) electrons. The van der Waals surface area contributed by atoms with E-state index in [9.17, 15) is 47.4 Å². The number of aliphatic imine (C=N–C) groups is 1. The summed E-state index contributed by atoms with van der Waals surface area (Å²) in [6.45, 7) is 2.42. The van der Waals surface area contributed by atoms with Gasteiger partial charge in [0, 0.05) is 11.0 Å². The molecule has 1 aromatic carbocycles. The highest BCUT2D eigenvalue weighted by Gasteiger charge is 2.41. The largest absolute Gasteiger partial charge is 0.756 e. The molecule has 3 aromatic rings. The number of aromatic amines is 1. The van der Waals surface area contributed by atoms with Crippen LogP contribution in [0.3, 0.4) is 0 Å². The number of imidazole rings is 1. The lowest BCUT2D eigenvalue weighted by Gasteiger charge is -2.37. The fourth-order valence-electron chi connectivity index (χ4n) is 5.61. The van der Waals surface area contributed by atoms with Crippen LogP contribution in [0.2, 0.25) is 0 Å². The van der Waals surface area contributed by atoms with Crippen LogP contribution in [-0.2, 0) is 50.7 Å². The Labute approximate surface area is 306 Å². The first-order chi connectivity index (χ1) is 24.5. The number of allylic oxidation sites excluding steroid dienone is 4. The average molecular weight is 857 g/mol. The number of fused-ring (bicyclic) bond motifs is 3. The number of halogens is 2. The summed E-state index contributed by atoms with van der Waals surface area (Å²) in [4.78, 5) is 88.2. The summed E-state index contributed by atoms with van der Waals surface area (Å²) in [5.41, 5.74) is 4.95. The first-order valence-electron chi connectivity index (χ1n) is 14.6. The molecule has 286 valence electrons. The van der Waals surface area contributed by atoms with Crippen LogP contribution in [-0.4, -0.2) is 43.7 Å². The van der Waals surface area contributed by atoms with Crippen molar-refractivity contribution in [2.75, 3.05) is 12.3 Å². The molecule has 6 rings (SSSR count). The molecule has 1 saturated heterocycles. The summed E-state index contributed by atoms with van der Waals surface area (Å²) in [7, 11) is -24.9. The number of aromatic nitrogens is 4. The van der Waals surface area contributed by atoms with Crippen molar-refractivity contribution < 1.29 is 69.3 Å². The number of phosphoric acid groups is 4. The highest BCUT2D eigenvalue weighted by atomic mass is 35.5. The van der Waals surface area contributed by atoms with Crippen molar-refractivity contribution in [1.82, 2.24) is 19.5 Å². The second-order valence-corrected chi connectivity index (χ2v) is 18.6. The number of ketones is 1. The van der Waals surface area contributed by atoms with Gasteiger partial charge in [0.1, 0.15) is 12.0 Å². The molecule has 1 fully saturated rings. The zero-order valence-electron chi connectivity index (χ0n) is 26.6. The number of carbonyl (C=O) groups is 1. The van der Waals surface area contributed by atoms with Crippen molar-refractivity contribution in [3.8, 4) is 5.75 Å². The van der Waals surface area contributed by atoms with Crippen LogP contribution in [0.1, 0.15) is 38.5 Å². The Bertz CT molecular complexity index is 2410. The minimum absolute atomic E-state index is 0.0472. The van der Waals surface area contributed by atoms with Crippen LogP contribution in [0.5, 0.6) is 5.75 Å². The topological polar surface area (TPSA) is 335 Å². The minimum Gasteiger partial charge on any atom is -0.756 e. The third-order valence-electron chi connectivity index (χ3n) is 7.74. The zero-order chi connectivity index (χ0) is 38.9. The molecule has 3 N–H and O–H groups in total. The van der Waals surface area contributed by atoms with Crippen LogP contribution in [0.15, 0.2) is 56.0 Å². The summed E-state index contributed by atoms with van der Waals surface area (Å²) in [5.74, 6) is -1.42. The number of H-pyrrole nitrogens is 1. The predicted molar refractivity (Wildman–Crippen MR) is 174 cm³/mol. The number of nitrogens with zero attached hydrogens (tertiary/aromatic N) is 4. The zero-order valence-corrected chi connectivity index (χ0v) is 31.7. The Kier molecular flexibility index (Phi) is 10.5. The molecule has 22 nitrogen and oxygen atoms in total. The van der Waals surface area contributed by atoms with Crippen molar-refractivity contribution in [2.45, 2.75) is 44.4 Å². The molecule has 6 atom stereocenters. The first kappa shape index (κ1) is 39.8. The number of nitrogens with two attached hydrogens (primary N) is 1. The van der Waals surface area contributed by atoms with E-state index in [1.165, 1.54) is 23.0 Å². The van der Waals surface area contributed by atoms with E-state index in [-0.39, 0.29) is 62.6 Å². The number of phosphoric ester groups is 2. The summed E-state index contributed by atoms with van der Waals surface area (Å²) in [6.07, 6.45) is 1.11. The number of rotatable bonds is 12. The van der Waals surface area contributed by atoms with Crippen LogP contribution in [0, 0.1) is 0 Å². The van der Waals surface area contributed by atoms with Gasteiger partial charge in [-0.3, -0.25) is 37.4 Å².